The predicted octanol–water partition coefficient (Wildman–Crippen LogP) is 1.93. The Hall–Kier alpha value is -1.99. The Morgan fingerprint density at radius 2 is 2.09 bits per heavy atom. The number of alkyl halides is 2. The third-order valence-corrected chi connectivity index (χ3v) is 4.21. The summed E-state index contributed by atoms with van der Waals surface area (Å²) in [4.78, 5) is 29.3. The van der Waals surface area contributed by atoms with Crippen molar-refractivity contribution in [1.29, 1.82) is 0 Å². The van der Waals surface area contributed by atoms with E-state index in [2.05, 4.69) is 10.3 Å². The zero-order valence-corrected chi connectivity index (χ0v) is 13.3. The third kappa shape index (κ3) is 4.27. The average molecular weight is 328 g/mol. The molecule has 2 rings (SSSR count). The lowest BCUT2D eigenvalue weighted by molar-refractivity contribution is -0.137. The van der Waals surface area contributed by atoms with Gasteiger partial charge in [0.25, 0.3) is 0 Å². The first-order chi connectivity index (χ1) is 10.9. The Balaban J connectivity index is 2.08. The number of halogens is 2. The van der Waals surface area contributed by atoms with Crippen LogP contribution < -0.4 is 5.32 Å². The van der Waals surface area contributed by atoms with Gasteiger partial charge in [-0.25, -0.2) is 4.98 Å². The second-order valence-electron chi connectivity index (χ2n) is 5.95. The number of nitrogens with one attached hydrogen (secondary N) is 1. The molecule has 23 heavy (non-hydrogen) atoms. The van der Waals surface area contributed by atoms with E-state index in [1.807, 2.05) is 0 Å². The van der Waals surface area contributed by atoms with Crippen LogP contribution in [0.1, 0.15) is 45.0 Å². The standard InChI is InChI=1S/C15H22F2N4O2/c1-10(22)19-13(11-5-3-4-6-11)14(23)20(2)9-12-18-7-8-21(12)15(16)17/h7-8,11,13,15H,3-6,9H2,1-2H3,(H,19,22). The van der Waals surface area contributed by atoms with Gasteiger partial charge in [0, 0.05) is 26.4 Å². The molecule has 0 aliphatic heterocycles. The van der Waals surface area contributed by atoms with Gasteiger partial charge in [-0.05, 0) is 18.8 Å². The molecule has 1 N–H and O–H groups in total. The fraction of sp³-hybridized carbons (Fsp3) is 0.667. The van der Waals surface area contributed by atoms with Crippen LogP contribution in [-0.4, -0.2) is 39.4 Å². The van der Waals surface area contributed by atoms with Crippen LogP contribution in [0.15, 0.2) is 12.4 Å². The van der Waals surface area contributed by atoms with Gasteiger partial charge in [-0.1, -0.05) is 12.8 Å². The molecule has 0 bridgehead atoms. The van der Waals surface area contributed by atoms with Gasteiger partial charge in [0.15, 0.2) is 0 Å². The molecule has 6 nitrogen and oxygen atoms in total. The van der Waals surface area contributed by atoms with E-state index in [1.54, 1.807) is 0 Å². The SMILES string of the molecule is CC(=O)NC(C(=O)N(C)Cc1nccn1C(F)F)C1CCCC1. The third-order valence-electron chi connectivity index (χ3n) is 4.21. The van der Waals surface area contributed by atoms with E-state index >= 15 is 0 Å². The number of aromatic nitrogens is 2. The van der Waals surface area contributed by atoms with Crippen molar-refractivity contribution in [2.24, 2.45) is 5.92 Å². The van der Waals surface area contributed by atoms with E-state index in [1.165, 1.54) is 31.3 Å². The first-order valence-electron chi connectivity index (χ1n) is 7.72. The summed E-state index contributed by atoms with van der Waals surface area (Å²) in [7, 11) is 1.54. The van der Waals surface area contributed by atoms with Gasteiger partial charge in [0.2, 0.25) is 11.8 Å². The van der Waals surface area contributed by atoms with Crippen LogP contribution in [0, 0.1) is 5.92 Å². The van der Waals surface area contributed by atoms with Crippen molar-refractivity contribution in [2.75, 3.05) is 7.05 Å². The molecule has 0 radical (unpaired) electrons. The number of hydrogen-bond acceptors (Lipinski definition) is 3. The van der Waals surface area contributed by atoms with Crippen LogP contribution in [-0.2, 0) is 16.1 Å². The molecule has 1 aliphatic rings. The summed E-state index contributed by atoms with van der Waals surface area (Å²) in [6.07, 6.45) is 6.30. The lowest BCUT2D eigenvalue weighted by atomic mass is 9.96. The number of rotatable bonds is 6. The van der Waals surface area contributed by atoms with Crippen molar-refractivity contribution in [1.82, 2.24) is 19.8 Å². The number of carbonyl (C=O) groups is 2. The lowest BCUT2D eigenvalue weighted by Gasteiger charge is -2.28. The number of likely N-dealkylation sites (N-methyl/N-ethyl adjacent to an activating group) is 1. The van der Waals surface area contributed by atoms with Crippen LogP contribution >= 0.6 is 0 Å². The molecule has 1 heterocycles. The monoisotopic (exact) mass is 328 g/mol. The molecule has 1 unspecified atom stereocenters. The smallest absolute Gasteiger partial charge is 0.319 e. The van der Waals surface area contributed by atoms with Crippen LogP contribution in [0.2, 0.25) is 0 Å². The van der Waals surface area contributed by atoms with Crippen molar-refractivity contribution < 1.29 is 18.4 Å². The zero-order valence-electron chi connectivity index (χ0n) is 13.3. The summed E-state index contributed by atoms with van der Waals surface area (Å²) in [6.45, 7) is -1.35. The van der Waals surface area contributed by atoms with E-state index in [0.29, 0.717) is 0 Å². The van der Waals surface area contributed by atoms with Crippen LogP contribution in [0.3, 0.4) is 0 Å². The topological polar surface area (TPSA) is 67.2 Å². The second-order valence-corrected chi connectivity index (χ2v) is 5.95. The molecule has 1 aliphatic carbocycles. The molecule has 1 saturated carbocycles. The molecule has 1 aromatic rings. The maximum absolute atomic E-state index is 12.9. The van der Waals surface area contributed by atoms with E-state index in [4.69, 9.17) is 0 Å². The fourth-order valence-electron chi connectivity index (χ4n) is 3.06. The highest BCUT2D eigenvalue weighted by Gasteiger charge is 2.33. The van der Waals surface area contributed by atoms with Gasteiger partial charge < -0.3 is 10.2 Å². The van der Waals surface area contributed by atoms with E-state index in [9.17, 15) is 18.4 Å². The maximum atomic E-state index is 12.9. The summed E-state index contributed by atoms with van der Waals surface area (Å²) in [5.74, 6) is -0.318. The fourth-order valence-corrected chi connectivity index (χ4v) is 3.06. The molecule has 1 fully saturated rings. The molecule has 1 atom stereocenters. The Morgan fingerprint density at radius 3 is 2.65 bits per heavy atom. The Labute approximate surface area is 133 Å². The molecule has 2 amide bonds. The van der Waals surface area contributed by atoms with Gasteiger partial charge in [0.1, 0.15) is 11.9 Å². The van der Waals surface area contributed by atoms with Crippen LogP contribution in [0.5, 0.6) is 0 Å². The highest BCUT2D eigenvalue weighted by atomic mass is 19.3. The minimum absolute atomic E-state index is 0.0288. The number of amides is 2. The van der Waals surface area contributed by atoms with E-state index in [-0.39, 0.29) is 30.1 Å². The van der Waals surface area contributed by atoms with Crippen molar-refractivity contribution in [2.45, 2.75) is 51.7 Å². The molecule has 0 spiro atoms. The first-order valence-corrected chi connectivity index (χ1v) is 7.72. The highest BCUT2D eigenvalue weighted by molar-refractivity contribution is 5.87. The normalized spacial score (nSPS) is 16.6. The second kappa shape index (κ2) is 7.52. The lowest BCUT2D eigenvalue weighted by Crippen LogP contribution is -2.50. The van der Waals surface area contributed by atoms with Gasteiger partial charge in [0.05, 0.1) is 6.54 Å². The van der Waals surface area contributed by atoms with Crippen molar-refractivity contribution in [3.8, 4) is 0 Å². The van der Waals surface area contributed by atoms with E-state index in [0.717, 1.165) is 30.3 Å². The van der Waals surface area contributed by atoms with Gasteiger partial charge in [-0.3, -0.25) is 14.2 Å². The molecule has 8 heteroatoms. The summed E-state index contributed by atoms with van der Waals surface area (Å²) in [5.41, 5.74) is 0. The molecule has 0 saturated heterocycles. The minimum Gasteiger partial charge on any atom is -0.344 e. The summed E-state index contributed by atoms with van der Waals surface area (Å²) in [5, 5.41) is 2.71. The molecular formula is C15H22F2N4O2. The Kier molecular flexibility index (Phi) is 5.68. The number of hydrogen-bond donors (Lipinski definition) is 1. The zero-order chi connectivity index (χ0) is 17.0. The number of carbonyl (C=O) groups excluding carboxylic acids is 2. The minimum atomic E-state index is -2.70. The molecule has 1 aromatic heterocycles. The predicted molar refractivity (Wildman–Crippen MR) is 79.5 cm³/mol. The van der Waals surface area contributed by atoms with Crippen molar-refractivity contribution in [3.05, 3.63) is 18.2 Å². The summed E-state index contributed by atoms with van der Waals surface area (Å²) in [6, 6.07) is -0.602. The maximum Gasteiger partial charge on any atom is 0.319 e. The Morgan fingerprint density at radius 1 is 1.43 bits per heavy atom. The number of imidazole rings is 1. The highest BCUT2D eigenvalue weighted by Crippen LogP contribution is 2.28. The largest absolute Gasteiger partial charge is 0.344 e. The molecule has 128 valence electrons. The van der Waals surface area contributed by atoms with Gasteiger partial charge in [-0.2, -0.15) is 8.78 Å². The van der Waals surface area contributed by atoms with Crippen molar-refractivity contribution in [3.63, 3.8) is 0 Å². The quantitative estimate of drug-likeness (QED) is 0.868. The Bertz CT molecular complexity index is 555. The summed E-state index contributed by atoms with van der Waals surface area (Å²) < 4.78 is 26.4. The first kappa shape index (κ1) is 17.4. The van der Waals surface area contributed by atoms with E-state index < -0.39 is 12.6 Å². The molecule has 0 aromatic carbocycles. The number of nitrogens with zero attached hydrogens (tertiary/aromatic N) is 3. The average Bonchev–Trinajstić information content (AvgIpc) is 3.14. The van der Waals surface area contributed by atoms with Gasteiger partial charge in [-0.15, -0.1) is 0 Å². The van der Waals surface area contributed by atoms with Crippen LogP contribution in [0.4, 0.5) is 8.78 Å². The van der Waals surface area contributed by atoms with Crippen LogP contribution in [0.25, 0.3) is 0 Å². The molecular weight excluding hydrogens is 306 g/mol. The van der Waals surface area contributed by atoms with Crippen molar-refractivity contribution >= 4 is 11.8 Å². The van der Waals surface area contributed by atoms with Gasteiger partial charge >= 0.3 is 6.55 Å². The summed E-state index contributed by atoms with van der Waals surface area (Å²) >= 11 is 0.